The lowest BCUT2D eigenvalue weighted by Crippen LogP contribution is -2.51. The zero-order valence-corrected chi connectivity index (χ0v) is 19.9. The second-order valence-electron chi connectivity index (χ2n) is 9.72. The number of ether oxygens (including phenoxy) is 3. The van der Waals surface area contributed by atoms with Crippen LogP contribution in [0.25, 0.3) is 0 Å². The van der Waals surface area contributed by atoms with Crippen molar-refractivity contribution < 1.29 is 23.8 Å². The van der Waals surface area contributed by atoms with Crippen LogP contribution in [0.1, 0.15) is 73.6 Å². The SMILES string of the molecule is COC1C=C(C)C2(C)CCC(C)C(C)(CCC(=CCOC(C)=O)COC(C)=O)C2C1. The summed E-state index contributed by atoms with van der Waals surface area (Å²) in [6, 6.07) is 0. The van der Waals surface area contributed by atoms with Gasteiger partial charge in [0.05, 0.1) is 6.10 Å². The largest absolute Gasteiger partial charge is 0.462 e. The van der Waals surface area contributed by atoms with E-state index < -0.39 is 0 Å². The third-order valence-electron chi connectivity index (χ3n) is 8.00. The number of esters is 2. The van der Waals surface area contributed by atoms with Gasteiger partial charge in [0.1, 0.15) is 13.2 Å². The Kier molecular flexibility index (Phi) is 8.32. The maximum absolute atomic E-state index is 11.3. The van der Waals surface area contributed by atoms with E-state index in [9.17, 15) is 9.59 Å². The Labute approximate surface area is 182 Å². The summed E-state index contributed by atoms with van der Waals surface area (Å²) in [7, 11) is 1.80. The highest BCUT2D eigenvalue weighted by Gasteiger charge is 2.54. The van der Waals surface area contributed by atoms with Crippen LogP contribution in [0.15, 0.2) is 23.3 Å². The van der Waals surface area contributed by atoms with Gasteiger partial charge >= 0.3 is 11.9 Å². The zero-order valence-electron chi connectivity index (χ0n) is 19.9. The van der Waals surface area contributed by atoms with Crippen LogP contribution in [0.2, 0.25) is 0 Å². The molecule has 5 atom stereocenters. The van der Waals surface area contributed by atoms with Crippen LogP contribution < -0.4 is 0 Å². The van der Waals surface area contributed by atoms with Crippen molar-refractivity contribution in [3.63, 3.8) is 0 Å². The molecule has 0 aliphatic heterocycles. The molecule has 0 saturated heterocycles. The van der Waals surface area contributed by atoms with Crippen molar-refractivity contribution in [1.82, 2.24) is 0 Å². The average molecular weight is 421 g/mol. The molecule has 0 N–H and O–H groups in total. The number of hydrogen-bond donors (Lipinski definition) is 0. The van der Waals surface area contributed by atoms with Crippen LogP contribution >= 0.6 is 0 Å². The van der Waals surface area contributed by atoms with Gasteiger partial charge < -0.3 is 14.2 Å². The van der Waals surface area contributed by atoms with Crippen molar-refractivity contribution in [1.29, 1.82) is 0 Å². The fraction of sp³-hybridized carbons (Fsp3) is 0.760. The first-order valence-corrected chi connectivity index (χ1v) is 11.2. The van der Waals surface area contributed by atoms with Gasteiger partial charge in [-0.15, -0.1) is 0 Å². The fourth-order valence-electron chi connectivity index (χ4n) is 5.58. The van der Waals surface area contributed by atoms with E-state index in [-0.39, 0.29) is 42.1 Å². The second-order valence-corrected chi connectivity index (χ2v) is 9.72. The molecule has 1 fully saturated rings. The molecule has 2 aliphatic rings. The molecule has 0 radical (unpaired) electrons. The van der Waals surface area contributed by atoms with Gasteiger partial charge in [-0.2, -0.15) is 0 Å². The minimum absolute atomic E-state index is 0.149. The van der Waals surface area contributed by atoms with Gasteiger partial charge in [0, 0.05) is 21.0 Å². The Bertz CT molecular complexity index is 694. The van der Waals surface area contributed by atoms with Gasteiger partial charge in [0.25, 0.3) is 0 Å². The van der Waals surface area contributed by atoms with Gasteiger partial charge in [-0.25, -0.2) is 0 Å². The topological polar surface area (TPSA) is 61.8 Å². The van der Waals surface area contributed by atoms with E-state index in [1.165, 1.54) is 32.3 Å². The number of rotatable bonds is 8. The van der Waals surface area contributed by atoms with E-state index in [1.54, 1.807) is 7.11 Å². The molecule has 0 aromatic heterocycles. The van der Waals surface area contributed by atoms with E-state index in [1.807, 2.05) is 6.08 Å². The maximum Gasteiger partial charge on any atom is 0.302 e. The normalized spacial score (nSPS) is 34.0. The second kappa shape index (κ2) is 10.1. The van der Waals surface area contributed by atoms with Crippen molar-refractivity contribution in [3.8, 4) is 0 Å². The highest BCUT2D eigenvalue weighted by molar-refractivity contribution is 5.66. The van der Waals surface area contributed by atoms with Gasteiger partial charge in [0.15, 0.2) is 0 Å². The number of fused-ring (bicyclic) bond motifs is 1. The van der Waals surface area contributed by atoms with Crippen LogP contribution in [0.5, 0.6) is 0 Å². The Hall–Kier alpha value is -1.62. The number of carbonyl (C=O) groups is 2. The average Bonchev–Trinajstić information content (AvgIpc) is 2.68. The fourth-order valence-corrected chi connectivity index (χ4v) is 5.58. The van der Waals surface area contributed by atoms with Crippen molar-refractivity contribution in [2.24, 2.45) is 22.7 Å². The third kappa shape index (κ3) is 5.54. The minimum Gasteiger partial charge on any atom is -0.462 e. The van der Waals surface area contributed by atoms with Crippen LogP contribution in [-0.2, 0) is 23.8 Å². The Morgan fingerprint density at radius 2 is 1.87 bits per heavy atom. The molecule has 2 aliphatic carbocycles. The van der Waals surface area contributed by atoms with E-state index in [0.29, 0.717) is 11.8 Å². The molecule has 5 unspecified atom stereocenters. The summed E-state index contributed by atoms with van der Waals surface area (Å²) >= 11 is 0. The van der Waals surface area contributed by atoms with Crippen LogP contribution in [0, 0.1) is 22.7 Å². The van der Waals surface area contributed by atoms with Gasteiger partial charge in [-0.3, -0.25) is 9.59 Å². The lowest BCUT2D eigenvalue weighted by Gasteiger charge is -2.59. The van der Waals surface area contributed by atoms with Crippen molar-refractivity contribution >= 4 is 11.9 Å². The van der Waals surface area contributed by atoms with E-state index in [4.69, 9.17) is 14.2 Å². The quantitative estimate of drug-likeness (QED) is 0.397. The van der Waals surface area contributed by atoms with Crippen LogP contribution in [0.4, 0.5) is 0 Å². The lowest BCUT2D eigenvalue weighted by molar-refractivity contribution is -0.141. The molecule has 30 heavy (non-hydrogen) atoms. The first-order valence-electron chi connectivity index (χ1n) is 11.2. The first-order chi connectivity index (χ1) is 14.0. The summed E-state index contributed by atoms with van der Waals surface area (Å²) < 4.78 is 16.1. The molecule has 0 aromatic carbocycles. The number of methoxy groups -OCH3 is 1. The van der Waals surface area contributed by atoms with Crippen LogP contribution in [-0.4, -0.2) is 38.4 Å². The predicted molar refractivity (Wildman–Crippen MR) is 118 cm³/mol. The van der Waals surface area contributed by atoms with E-state index in [2.05, 4.69) is 33.8 Å². The summed E-state index contributed by atoms with van der Waals surface area (Å²) in [5.41, 5.74) is 2.82. The van der Waals surface area contributed by atoms with Crippen molar-refractivity contribution in [2.45, 2.75) is 79.8 Å². The monoisotopic (exact) mass is 420 g/mol. The van der Waals surface area contributed by atoms with Gasteiger partial charge in [-0.05, 0) is 73.3 Å². The molecular weight excluding hydrogens is 380 g/mol. The molecule has 5 heteroatoms. The van der Waals surface area contributed by atoms with Gasteiger partial charge in [0.2, 0.25) is 0 Å². The molecule has 2 rings (SSSR count). The molecule has 1 saturated carbocycles. The number of carbonyl (C=O) groups excluding carboxylic acids is 2. The molecule has 0 amide bonds. The molecule has 0 heterocycles. The number of hydrogen-bond acceptors (Lipinski definition) is 5. The summed E-state index contributed by atoms with van der Waals surface area (Å²) in [6.07, 6.45) is 9.68. The molecule has 0 bridgehead atoms. The molecular formula is C25H40O5. The van der Waals surface area contributed by atoms with Crippen LogP contribution in [0.3, 0.4) is 0 Å². The lowest BCUT2D eigenvalue weighted by atomic mass is 9.46. The first kappa shape index (κ1) is 24.6. The summed E-state index contributed by atoms with van der Waals surface area (Å²) in [5.74, 6) is 0.528. The Morgan fingerprint density at radius 1 is 1.20 bits per heavy atom. The summed E-state index contributed by atoms with van der Waals surface area (Å²) in [4.78, 5) is 22.5. The zero-order chi connectivity index (χ0) is 22.5. The maximum atomic E-state index is 11.3. The molecule has 5 nitrogen and oxygen atoms in total. The predicted octanol–water partition coefficient (Wildman–Crippen LogP) is 5.24. The highest BCUT2D eigenvalue weighted by Crippen LogP contribution is 2.62. The third-order valence-corrected chi connectivity index (χ3v) is 8.00. The molecule has 170 valence electrons. The Balaban J connectivity index is 2.22. The van der Waals surface area contributed by atoms with Crippen molar-refractivity contribution in [2.75, 3.05) is 20.3 Å². The Morgan fingerprint density at radius 3 is 2.47 bits per heavy atom. The smallest absolute Gasteiger partial charge is 0.302 e. The summed E-state index contributed by atoms with van der Waals surface area (Å²) in [6.45, 7) is 12.8. The number of allylic oxidation sites excluding steroid dienone is 1. The standard InChI is InChI=1S/C25H40O5/c1-17-8-11-25(6)18(2)14-22(28-7)15-23(25)24(17,5)12-9-21(16-30-20(4)27)10-13-29-19(3)26/h10,14,17,22-23H,8-9,11-13,15-16H2,1-7H3. The van der Waals surface area contributed by atoms with E-state index in [0.717, 1.165) is 24.8 Å². The summed E-state index contributed by atoms with van der Waals surface area (Å²) in [5, 5.41) is 0. The minimum atomic E-state index is -0.309. The van der Waals surface area contributed by atoms with Gasteiger partial charge in [-0.1, -0.05) is 32.4 Å². The molecule has 0 spiro atoms. The van der Waals surface area contributed by atoms with E-state index >= 15 is 0 Å². The highest BCUT2D eigenvalue weighted by atomic mass is 16.5. The molecule has 0 aromatic rings. The van der Waals surface area contributed by atoms with Crippen molar-refractivity contribution in [3.05, 3.63) is 23.3 Å².